The highest BCUT2D eigenvalue weighted by Gasteiger charge is 2.20. The van der Waals surface area contributed by atoms with Crippen LogP contribution in [0.4, 0.5) is 5.69 Å². The molecule has 8 heteroatoms. The van der Waals surface area contributed by atoms with Crippen molar-refractivity contribution < 1.29 is 14.7 Å². The SMILES string of the molecule is O=C(CO/N=C\c1cc(Br)ccc1O)N(Cc1ccccc1Br)c1ccccc1Br. The van der Waals surface area contributed by atoms with Crippen LogP contribution >= 0.6 is 47.8 Å². The van der Waals surface area contributed by atoms with Crippen LogP contribution in [0.3, 0.4) is 0 Å². The summed E-state index contributed by atoms with van der Waals surface area (Å²) in [6, 6.07) is 20.2. The van der Waals surface area contributed by atoms with Crippen molar-refractivity contribution in [2.45, 2.75) is 6.54 Å². The zero-order chi connectivity index (χ0) is 21.5. The number of oxime groups is 1. The molecule has 0 fully saturated rings. The van der Waals surface area contributed by atoms with Gasteiger partial charge in [-0.3, -0.25) is 4.79 Å². The maximum Gasteiger partial charge on any atom is 0.268 e. The fraction of sp³-hybridized carbons (Fsp3) is 0.0909. The number of phenolic OH excluding ortho intramolecular Hbond substituents is 1. The second-order valence-electron chi connectivity index (χ2n) is 6.23. The second-order valence-corrected chi connectivity index (χ2v) is 8.86. The summed E-state index contributed by atoms with van der Waals surface area (Å²) in [6.07, 6.45) is 1.37. The standard InChI is InChI=1S/C22H17Br3N2O3/c23-17-9-10-21(28)16(11-17)12-26-30-14-22(29)27(20-8-4-3-7-19(20)25)13-15-5-1-2-6-18(15)24/h1-12,28H,13-14H2/b26-12-. The molecule has 0 radical (unpaired) electrons. The number of aromatic hydroxyl groups is 1. The van der Waals surface area contributed by atoms with E-state index in [1.165, 1.54) is 6.21 Å². The average Bonchev–Trinajstić information content (AvgIpc) is 2.73. The van der Waals surface area contributed by atoms with Crippen LogP contribution < -0.4 is 4.90 Å². The molecule has 0 heterocycles. The maximum absolute atomic E-state index is 13.0. The molecule has 0 bridgehead atoms. The lowest BCUT2D eigenvalue weighted by Gasteiger charge is -2.24. The lowest BCUT2D eigenvalue weighted by Crippen LogP contribution is -2.33. The van der Waals surface area contributed by atoms with Gasteiger partial charge in [-0.25, -0.2) is 0 Å². The first-order chi connectivity index (χ1) is 14.5. The Labute approximate surface area is 199 Å². The molecule has 30 heavy (non-hydrogen) atoms. The number of benzene rings is 3. The van der Waals surface area contributed by atoms with E-state index in [1.54, 1.807) is 23.1 Å². The molecule has 3 aromatic carbocycles. The highest BCUT2D eigenvalue weighted by molar-refractivity contribution is 9.11. The van der Waals surface area contributed by atoms with Gasteiger partial charge in [0, 0.05) is 19.0 Å². The number of carbonyl (C=O) groups is 1. The summed E-state index contributed by atoms with van der Waals surface area (Å²) in [5.41, 5.74) is 2.17. The summed E-state index contributed by atoms with van der Waals surface area (Å²) >= 11 is 10.4. The third-order valence-electron chi connectivity index (χ3n) is 4.17. The average molecular weight is 597 g/mol. The van der Waals surface area contributed by atoms with Crippen molar-refractivity contribution in [1.29, 1.82) is 0 Å². The van der Waals surface area contributed by atoms with Gasteiger partial charge in [0.1, 0.15) is 5.75 Å². The maximum atomic E-state index is 13.0. The number of amides is 1. The van der Waals surface area contributed by atoms with Crippen molar-refractivity contribution in [3.05, 3.63) is 91.3 Å². The van der Waals surface area contributed by atoms with E-state index in [0.717, 1.165) is 24.7 Å². The molecule has 0 saturated carbocycles. The zero-order valence-electron chi connectivity index (χ0n) is 15.6. The van der Waals surface area contributed by atoms with Crippen molar-refractivity contribution in [2.75, 3.05) is 11.5 Å². The molecule has 0 aromatic heterocycles. The number of nitrogens with zero attached hydrogens (tertiary/aromatic N) is 2. The number of hydrogen-bond acceptors (Lipinski definition) is 4. The van der Waals surface area contributed by atoms with Gasteiger partial charge in [0.25, 0.3) is 5.91 Å². The number of anilines is 1. The smallest absolute Gasteiger partial charge is 0.268 e. The van der Waals surface area contributed by atoms with Gasteiger partial charge in [0.15, 0.2) is 6.61 Å². The monoisotopic (exact) mass is 594 g/mol. The molecule has 0 atom stereocenters. The summed E-state index contributed by atoms with van der Waals surface area (Å²) in [6.45, 7) is 0.111. The van der Waals surface area contributed by atoms with Crippen molar-refractivity contribution in [1.82, 2.24) is 0 Å². The van der Waals surface area contributed by atoms with Crippen molar-refractivity contribution in [3.8, 4) is 5.75 Å². The molecular weight excluding hydrogens is 580 g/mol. The number of hydrogen-bond donors (Lipinski definition) is 1. The minimum Gasteiger partial charge on any atom is -0.507 e. The first-order valence-corrected chi connectivity index (χ1v) is 11.3. The Hall–Kier alpha value is -2.16. The predicted octanol–water partition coefficient (Wildman–Crippen LogP) is 6.26. The van der Waals surface area contributed by atoms with Gasteiger partial charge in [-0.2, -0.15) is 0 Å². The highest BCUT2D eigenvalue weighted by atomic mass is 79.9. The minimum absolute atomic E-state index is 0.0700. The predicted molar refractivity (Wildman–Crippen MR) is 129 cm³/mol. The van der Waals surface area contributed by atoms with Crippen LogP contribution in [0.1, 0.15) is 11.1 Å². The topological polar surface area (TPSA) is 62.1 Å². The Bertz CT molecular complexity index is 1070. The Balaban J connectivity index is 1.75. The first-order valence-electron chi connectivity index (χ1n) is 8.88. The van der Waals surface area contributed by atoms with Gasteiger partial charge < -0.3 is 14.8 Å². The number of phenols is 1. The fourth-order valence-electron chi connectivity index (χ4n) is 2.67. The molecule has 1 N–H and O–H groups in total. The lowest BCUT2D eigenvalue weighted by atomic mass is 10.2. The third-order valence-corrected chi connectivity index (χ3v) is 6.11. The van der Waals surface area contributed by atoms with Crippen LogP contribution in [0.2, 0.25) is 0 Å². The number of rotatable bonds is 7. The van der Waals surface area contributed by atoms with Gasteiger partial charge in [0.2, 0.25) is 0 Å². The molecule has 0 unspecified atom stereocenters. The normalized spacial score (nSPS) is 10.9. The zero-order valence-corrected chi connectivity index (χ0v) is 20.4. The van der Waals surface area contributed by atoms with Crippen LogP contribution in [0, 0.1) is 0 Å². The van der Waals surface area contributed by atoms with Gasteiger partial charge >= 0.3 is 0 Å². The molecule has 0 spiro atoms. The lowest BCUT2D eigenvalue weighted by molar-refractivity contribution is -0.123. The van der Waals surface area contributed by atoms with E-state index >= 15 is 0 Å². The summed E-state index contributed by atoms with van der Waals surface area (Å²) in [7, 11) is 0. The number of halogens is 3. The second kappa shape index (κ2) is 10.7. The summed E-state index contributed by atoms with van der Waals surface area (Å²) < 4.78 is 2.51. The summed E-state index contributed by atoms with van der Waals surface area (Å²) in [4.78, 5) is 19.8. The van der Waals surface area contributed by atoms with E-state index in [9.17, 15) is 9.90 Å². The van der Waals surface area contributed by atoms with E-state index in [0.29, 0.717) is 12.1 Å². The molecule has 5 nitrogen and oxygen atoms in total. The Morgan fingerprint density at radius 1 is 1.00 bits per heavy atom. The van der Waals surface area contributed by atoms with E-state index in [4.69, 9.17) is 4.84 Å². The minimum atomic E-state index is -0.256. The molecule has 0 saturated heterocycles. The van der Waals surface area contributed by atoms with Crippen LogP contribution in [0.25, 0.3) is 0 Å². The first kappa shape index (κ1) is 22.5. The largest absolute Gasteiger partial charge is 0.507 e. The van der Waals surface area contributed by atoms with Crippen LogP contribution in [0.5, 0.6) is 5.75 Å². The van der Waals surface area contributed by atoms with E-state index in [-0.39, 0.29) is 18.3 Å². The quantitative estimate of drug-likeness (QED) is 0.259. The molecular formula is C22H17Br3N2O3. The van der Waals surface area contributed by atoms with Crippen LogP contribution in [-0.4, -0.2) is 23.8 Å². The fourth-order valence-corrected chi connectivity index (χ4v) is 3.96. The van der Waals surface area contributed by atoms with Gasteiger partial charge in [-0.15, -0.1) is 0 Å². The van der Waals surface area contributed by atoms with Gasteiger partial charge in [0.05, 0.1) is 18.4 Å². The molecule has 0 aliphatic carbocycles. The third kappa shape index (κ3) is 5.93. The Morgan fingerprint density at radius 3 is 2.43 bits per heavy atom. The summed E-state index contributed by atoms with van der Waals surface area (Å²) in [5, 5.41) is 13.7. The molecule has 1 amide bonds. The van der Waals surface area contributed by atoms with Crippen LogP contribution in [0.15, 0.2) is 85.3 Å². The Kier molecular flexibility index (Phi) is 8.07. The Morgan fingerprint density at radius 2 is 1.70 bits per heavy atom. The number of carbonyl (C=O) groups excluding carboxylic acids is 1. The molecule has 3 rings (SSSR count). The van der Waals surface area contributed by atoms with Crippen LogP contribution in [-0.2, 0) is 16.2 Å². The van der Waals surface area contributed by atoms with Gasteiger partial charge in [-0.1, -0.05) is 67.3 Å². The molecule has 0 aliphatic heterocycles. The highest BCUT2D eigenvalue weighted by Crippen LogP contribution is 2.29. The molecule has 0 aliphatic rings. The van der Waals surface area contributed by atoms with Crippen molar-refractivity contribution in [2.24, 2.45) is 5.16 Å². The van der Waals surface area contributed by atoms with E-state index < -0.39 is 0 Å². The van der Waals surface area contributed by atoms with E-state index in [2.05, 4.69) is 52.9 Å². The van der Waals surface area contributed by atoms with Gasteiger partial charge in [-0.05, 0) is 57.9 Å². The summed E-state index contributed by atoms with van der Waals surface area (Å²) in [5.74, 6) is -0.186. The van der Waals surface area contributed by atoms with Crippen molar-refractivity contribution in [3.63, 3.8) is 0 Å². The number of para-hydroxylation sites is 1. The molecule has 154 valence electrons. The van der Waals surface area contributed by atoms with E-state index in [1.807, 2.05) is 48.5 Å². The molecule has 3 aromatic rings. The van der Waals surface area contributed by atoms with Crippen molar-refractivity contribution >= 4 is 65.6 Å².